The Morgan fingerprint density at radius 3 is 2.60 bits per heavy atom. The normalized spacial score (nSPS) is 11.3. The van der Waals surface area contributed by atoms with Gasteiger partial charge in [0, 0.05) is 15.9 Å². The molecule has 0 unspecified atom stereocenters. The SMILES string of the molecule is Cc1cc(Cl)nc(NS(=O)(=O)c2ccc(Br)c(N)c2)n1. The van der Waals surface area contributed by atoms with Crippen molar-refractivity contribution in [2.45, 2.75) is 11.8 Å². The maximum Gasteiger partial charge on any atom is 0.264 e. The fraction of sp³-hybridized carbons (Fsp3) is 0.0909. The van der Waals surface area contributed by atoms with Crippen molar-refractivity contribution < 1.29 is 8.42 Å². The first kappa shape index (κ1) is 15.0. The summed E-state index contributed by atoms with van der Waals surface area (Å²) in [5.41, 5.74) is 6.54. The Labute approximate surface area is 129 Å². The molecule has 1 aromatic carbocycles. The molecule has 0 bridgehead atoms. The zero-order valence-electron chi connectivity index (χ0n) is 10.3. The van der Waals surface area contributed by atoms with Crippen LogP contribution in [0.2, 0.25) is 5.15 Å². The summed E-state index contributed by atoms with van der Waals surface area (Å²) in [7, 11) is -3.82. The number of nitrogens with two attached hydrogens (primary N) is 1. The van der Waals surface area contributed by atoms with Crippen LogP contribution in [0, 0.1) is 6.92 Å². The standard InChI is InChI=1S/C11H10BrClN4O2S/c1-6-4-10(13)16-11(15-6)17-20(18,19)7-2-3-8(12)9(14)5-7/h2-5H,14H2,1H3,(H,15,16,17). The molecule has 0 spiro atoms. The van der Waals surface area contributed by atoms with E-state index in [-0.39, 0.29) is 16.0 Å². The lowest BCUT2D eigenvalue weighted by Crippen LogP contribution is -2.15. The molecule has 0 atom stereocenters. The van der Waals surface area contributed by atoms with Gasteiger partial charge in [0.25, 0.3) is 10.0 Å². The van der Waals surface area contributed by atoms with E-state index in [0.717, 1.165) is 0 Å². The van der Waals surface area contributed by atoms with Crippen LogP contribution in [0.5, 0.6) is 0 Å². The lowest BCUT2D eigenvalue weighted by molar-refractivity contribution is 0.601. The number of nitrogen functional groups attached to an aromatic ring is 1. The van der Waals surface area contributed by atoms with E-state index in [1.54, 1.807) is 13.0 Å². The number of halogens is 2. The zero-order chi connectivity index (χ0) is 14.9. The van der Waals surface area contributed by atoms with Crippen molar-refractivity contribution in [2.24, 2.45) is 0 Å². The Balaban J connectivity index is 2.37. The zero-order valence-corrected chi connectivity index (χ0v) is 13.4. The van der Waals surface area contributed by atoms with Crippen molar-refractivity contribution in [1.82, 2.24) is 9.97 Å². The molecule has 1 aromatic heterocycles. The second kappa shape index (κ2) is 5.55. The summed E-state index contributed by atoms with van der Waals surface area (Å²) < 4.78 is 27.2. The maximum absolute atomic E-state index is 12.2. The first-order valence-electron chi connectivity index (χ1n) is 5.37. The minimum absolute atomic E-state index is 0.0134. The minimum Gasteiger partial charge on any atom is -0.398 e. The van der Waals surface area contributed by atoms with E-state index in [9.17, 15) is 8.42 Å². The predicted octanol–water partition coefficient (Wildman–Crippen LogP) is 2.58. The van der Waals surface area contributed by atoms with Gasteiger partial charge in [-0.15, -0.1) is 0 Å². The second-order valence-corrected chi connectivity index (χ2v) is 6.87. The van der Waals surface area contributed by atoms with Crippen LogP contribution in [0.3, 0.4) is 0 Å². The topological polar surface area (TPSA) is 98.0 Å². The van der Waals surface area contributed by atoms with E-state index in [1.165, 1.54) is 18.2 Å². The Morgan fingerprint density at radius 1 is 1.30 bits per heavy atom. The highest BCUT2D eigenvalue weighted by molar-refractivity contribution is 9.10. The summed E-state index contributed by atoms with van der Waals surface area (Å²) in [6.45, 7) is 1.68. The Morgan fingerprint density at radius 2 is 2.00 bits per heavy atom. The van der Waals surface area contributed by atoms with Crippen molar-refractivity contribution in [3.05, 3.63) is 39.6 Å². The van der Waals surface area contributed by atoms with Gasteiger partial charge in [-0.05, 0) is 47.1 Å². The van der Waals surface area contributed by atoms with Crippen LogP contribution in [-0.4, -0.2) is 18.4 Å². The fourth-order valence-corrected chi connectivity index (χ4v) is 2.91. The first-order valence-corrected chi connectivity index (χ1v) is 8.02. The molecule has 9 heteroatoms. The summed E-state index contributed by atoms with van der Waals surface area (Å²) in [5.74, 6) is -0.0866. The molecular weight excluding hydrogens is 368 g/mol. The van der Waals surface area contributed by atoms with Crippen LogP contribution in [0.4, 0.5) is 11.6 Å². The van der Waals surface area contributed by atoms with Crippen LogP contribution < -0.4 is 10.5 Å². The number of aromatic nitrogens is 2. The van der Waals surface area contributed by atoms with Gasteiger partial charge in [-0.3, -0.25) is 0 Å². The van der Waals surface area contributed by atoms with E-state index in [0.29, 0.717) is 15.9 Å². The van der Waals surface area contributed by atoms with Gasteiger partial charge in [0.2, 0.25) is 5.95 Å². The van der Waals surface area contributed by atoms with Gasteiger partial charge >= 0.3 is 0 Å². The molecule has 106 valence electrons. The Bertz CT molecular complexity index is 747. The van der Waals surface area contributed by atoms with Gasteiger partial charge in [-0.2, -0.15) is 0 Å². The Kier molecular flexibility index (Phi) is 4.17. The summed E-state index contributed by atoms with van der Waals surface area (Å²) in [4.78, 5) is 7.78. The van der Waals surface area contributed by atoms with Crippen LogP contribution in [0.15, 0.2) is 33.6 Å². The highest BCUT2D eigenvalue weighted by Crippen LogP contribution is 2.24. The fourth-order valence-electron chi connectivity index (χ4n) is 1.44. The van der Waals surface area contributed by atoms with Crippen molar-refractivity contribution in [1.29, 1.82) is 0 Å². The molecule has 0 amide bonds. The summed E-state index contributed by atoms with van der Waals surface area (Å²) in [6.07, 6.45) is 0. The maximum atomic E-state index is 12.2. The predicted molar refractivity (Wildman–Crippen MR) is 81.1 cm³/mol. The summed E-state index contributed by atoms with van der Waals surface area (Å²) in [5, 5.41) is 0.158. The molecular formula is C11H10BrClN4O2S. The number of rotatable bonds is 3. The van der Waals surface area contributed by atoms with Gasteiger partial charge in [-0.25, -0.2) is 23.1 Å². The summed E-state index contributed by atoms with van der Waals surface area (Å²) >= 11 is 8.96. The molecule has 3 N–H and O–H groups in total. The van der Waals surface area contributed by atoms with Gasteiger partial charge in [0.05, 0.1) is 4.90 Å². The number of benzene rings is 1. The summed E-state index contributed by atoms with van der Waals surface area (Å²) in [6, 6.07) is 5.83. The average molecular weight is 378 g/mol. The highest BCUT2D eigenvalue weighted by atomic mass is 79.9. The smallest absolute Gasteiger partial charge is 0.264 e. The van der Waals surface area contributed by atoms with Crippen LogP contribution in [-0.2, 0) is 10.0 Å². The quantitative estimate of drug-likeness (QED) is 0.633. The van der Waals surface area contributed by atoms with E-state index in [1.807, 2.05) is 0 Å². The molecule has 0 aliphatic rings. The van der Waals surface area contributed by atoms with E-state index < -0.39 is 10.0 Å². The molecule has 2 rings (SSSR count). The molecule has 0 saturated heterocycles. The van der Waals surface area contributed by atoms with Gasteiger partial charge < -0.3 is 5.73 Å². The highest BCUT2D eigenvalue weighted by Gasteiger charge is 2.17. The number of nitrogens with zero attached hydrogens (tertiary/aromatic N) is 2. The third-order valence-corrected chi connectivity index (χ3v) is 4.57. The van der Waals surface area contributed by atoms with Crippen LogP contribution in [0.25, 0.3) is 0 Å². The molecule has 1 heterocycles. The number of aryl methyl sites for hydroxylation is 1. The Hall–Kier alpha value is -1.38. The molecule has 0 aliphatic carbocycles. The lowest BCUT2D eigenvalue weighted by atomic mass is 10.3. The van der Waals surface area contributed by atoms with Gasteiger partial charge in [0.1, 0.15) is 5.15 Å². The molecule has 6 nitrogen and oxygen atoms in total. The average Bonchev–Trinajstić information content (AvgIpc) is 2.30. The van der Waals surface area contributed by atoms with Gasteiger partial charge in [0.15, 0.2) is 0 Å². The molecule has 2 aromatic rings. The number of hydrogen-bond acceptors (Lipinski definition) is 5. The third kappa shape index (κ3) is 3.38. The van der Waals surface area contributed by atoms with Crippen LogP contribution in [0.1, 0.15) is 5.69 Å². The second-order valence-electron chi connectivity index (χ2n) is 3.94. The van der Waals surface area contributed by atoms with Crippen molar-refractivity contribution in [3.63, 3.8) is 0 Å². The van der Waals surface area contributed by atoms with Gasteiger partial charge in [-0.1, -0.05) is 11.6 Å². The number of anilines is 2. The molecule has 0 aliphatic heterocycles. The minimum atomic E-state index is -3.82. The van der Waals surface area contributed by atoms with Crippen molar-refractivity contribution in [2.75, 3.05) is 10.5 Å². The molecule has 20 heavy (non-hydrogen) atoms. The van der Waals surface area contributed by atoms with E-state index in [2.05, 4.69) is 30.6 Å². The monoisotopic (exact) mass is 376 g/mol. The van der Waals surface area contributed by atoms with E-state index in [4.69, 9.17) is 17.3 Å². The lowest BCUT2D eigenvalue weighted by Gasteiger charge is -2.08. The third-order valence-electron chi connectivity index (χ3n) is 2.33. The number of hydrogen-bond donors (Lipinski definition) is 2. The number of nitrogens with one attached hydrogen (secondary N) is 1. The first-order chi connectivity index (χ1) is 9.28. The molecule has 0 radical (unpaired) electrons. The van der Waals surface area contributed by atoms with Crippen molar-refractivity contribution in [3.8, 4) is 0 Å². The largest absolute Gasteiger partial charge is 0.398 e. The van der Waals surface area contributed by atoms with Crippen LogP contribution >= 0.6 is 27.5 Å². The van der Waals surface area contributed by atoms with E-state index >= 15 is 0 Å². The van der Waals surface area contributed by atoms with Crippen molar-refractivity contribution >= 4 is 49.2 Å². The number of sulfonamides is 1. The molecule has 0 fully saturated rings. The molecule has 0 saturated carbocycles.